The summed E-state index contributed by atoms with van der Waals surface area (Å²) in [5.41, 5.74) is 0.948. The Morgan fingerprint density at radius 3 is 2.88 bits per heavy atom. The number of thiophene rings is 1. The van der Waals surface area contributed by atoms with E-state index in [1.807, 2.05) is 31.2 Å². The summed E-state index contributed by atoms with van der Waals surface area (Å²) in [6, 6.07) is 9.36. The Hall–Kier alpha value is -1.10. The largest absolute Gasteiger partial charge is 0.386 e. The summed E-state index contributed by atoms with van der Waals surface area (Å²) >= 11 is 7.21. The number of aryl methyl sites for hydroxylation is 1. The van der Waals surface area contributed by atoms with Crippen molar-refractivity contribution < 1.29 is 5.11 Å². The normalized spacial score (nSPS) is 12.4. The van der Waals surface area contributed by atoms with Crippen molar-refractivity contribution in [3.05, 3.63) is 45.2 Å². The van der Waals surface area contributed by atoms with Gasteiger partial charge in [-0.3, -0.25) is 0 Å². The first kappa shape index (κ1) is 12.4. The second-order valence-electron chi connectivity index (χ2n) is 3.70. The predicted molar refractivity (Wildman–Crippen MR) is 71.8 cm³/mol. The minimum Gasteiger partial charge on any atom is -0.386 e. The molecule has 17 heavy (non-hydrogen) atoms. The van der Waals surface area contributed by atoms with Gasteiger partial charge in [0.1, 0.15) is 11.9 Å². The number of hydrogen-bond donors (Lipinski definition) is 2. The molecule has 0 fully saturated rings. The van der Waals surface area contributed by atoms with Crippen LogP contribution in [0, 0.1) is 6.92 Å². The molecule has 0 aliphatic heterocycles. The summed E-state index contributed by atoms with van der Waals surface area (Å²) in [6.45, 7) is 2.36. The van der Waals surface area contributed by atoms with Crippen molar-refractivity contribution in [2.45, 2.75) is 13.0 Å². The van der Waals surface area contributed by atoms with Crippen LogP contribution in [0.1, 0.15) is 16.7 Å². The number of nitrogens with one attached hydrogen (secondary N) is 1. The average molecular weight is 269 g/mol. The Balaban J connectivity index is 1.94. The van der Waals surface area contributed by atoms with Crippen LogP contribution < -0.4 is 5.32 Å². The van der Waals surface area contributed by atoms with E-state index >= 15 is 0 Å². The van der Waals surface area contributed by atoms with Gasteiger partial charge in [0.05, 0.1) is 4.34 Å². The average Bonchev–Trinajstić information content (AvgIpc) is 2.73. The lowest BCUT2D eigenvalue weighted by Crippen LogP contribution is -2.12. The number of nitrogens with zero attached hydrogens (tertiary/aromatic N) is 1. The summed E-state index contributed by atoms with van der Waals surface area (Å²) in [4.78, 5) is 5.16. The third kappa shape index (κ3) is 3.43. The van der Waals surface area contributed by atoms with Crippen molar-refractivity contribution in [2.24, 2.45) is 0 Å². The monoisotopic (exact) mass is 268 g/mol. The van der Waals surface area contributed by atoms with Gasteiger partial charge in [-0.05, 0) is 31.2 Å². The maximum absolute atomic E-state index is 9.93. The molecule has 5 heteroatoms. The smallest absolute Gasteiger partial charge is 0.126 e. The molecule has 0 saturated carbocycles. The molecule has 0 unspecified atom stereocenters. The van der Waals surface area contributed by atoms with Crippen molar-refractivity contribution in [1.82, 2.24) is 4.98 Å². The van der Waals surface area contributed by atoms with E-state index in [1.54, 1.807) is 6.07 Å². The van der Waals surface area contributed by atoms with Gasteiger partial charge in [0, 0.05) is 17.1 Å². The highest BCUT2D eigenvalue weighted by Crippen LogP contribution is 2.26. The maximum atomic E-state index is 9.93. The van der Waals surface area contributed by atoms with Gasteiger partial charge in [0.2, 0.25) is 0 Å². The van der Waals surface area contributed by atoms with Crippen molar-refractivity contribution in [3.63, 3.8) is 0 Å². The van der Waals surface area contributed by atoms with Gasteiger partial charge in [0.15, 0.2) is 0 Å². The van der Waals surface area contributed by atoms with Gasteiger partial charge < -0.3 is 10.4 Å². The number of pyridine rings is 1. The van der Waals surface area contributed by atoms with Crippen LogP contribution in [0.3, 0.4) is 0 Å². The topological polar surface area (TPSA) is 45.1 Å². The fourth-order valence-electron chi connectivity index (χ4n) is 1.45. The SMILES string of the molecule is Cc1cccc(NC[C@@H](O)c2ccc(Cl)s2)n1. The van der Waals surface area contributed by atoms with Gasteiger partial charge in [-0.15, -0.1) is 11.3 Å². The highest BCUT2D eigenvalue weighted by Gasteiger charge is 2.10. The number of rotatable bonds is 4. The molecular formula is C12H13ClN2OS. The van der Waals surface area contributed by atoms with Crippen LogP contribution in [0.25, 0.3) is 0 Å². The number of anilines is 1. The second-order valence-corrected chi connectivity index (χ2v) is 5.45. The molecule has 2 aromatic rings. The van der Waals surface area contributed by atoms with Crippen LogP contribution in [-0.2, 0) is 0 Å². The van der Waals surface area contributed by atoms with Gasteiger partial charge in [-0.1, -0.05) is 17.7 Å². The molecule has 0 saturated heterocycles. The first-order valence-electron chi connectivity index (χ1n) is 5.26. The second kappa shape index (κ2) is 5.49. The Bertz CT molecular complexity index is 501. The van der Waals surface area contributed by atoms with Crippen molar-refractivity contribution in [3.8, 4) is 0 Å². The number of aromatic nitrogens is 1. The number of aliphatic hydroxyl groups excluding tert-OH is 1. The van der Waals surface area contributed by atoms with E-state index in [1.165, 1.54) is 11.3 Å². The van der Waals surface area contributed by atoms with E-state index in [4.69, 9.17) is 11.6 Å². The highest BCUT2D eigenvalue weighted by molar-refractivity contribution is 7.16. The summed E-state index contributed by atoms with van der Waals surface area (Å²) in [5, 5.41) is 13.0. The molecular weight excluding hydrogens is 256 g/mol. The molecule has 90 valence electrons. The lowest BCUT2D eigenvalue weighted by Gasteiger charge is -2.10. The zero-order chi connectivity index (χ0) is 12.3. The number of aliphatic hydroxyl groups is 1. The van der Waals surface area contributed by atoms with Gasteiger partial charge in [0.25, 0.3) is 0 Å². The van der Waals surface area contributed by atoms with Gasteiger partial charge in [-0.2, -0.15) is 0 Å². The van der Waals surface area contributed by atoms with Crippen LogP contribution in [-0.4, -0.2) is 16.6 Å². The van der Waals surface area contributed by atoms with E-state index in [0.29, 0.717) is 10.9 Å². The van der Waals surface area contributed by atoms with Gasteiger partial charge >= 0.3 is 0 Å². The fourth-order valence-corrected chi connectivity index (χ4v) is 2.50. The molecule has 1 atom stereocenters. The zero-order valence-electron chi connectivity index (χ0n) is 9.35. The number of halogens is 1. The molecule has 0 radical (unpaired) electrons. The Morgan fingerprint density at radius 2 is 2.24 bits per heavy atom. The Labute approximate surface area is 109 Å². The Kier molecular flexibility index (Phi) is 3.99. The minimum absolute atomic E-state index is 0.424. The van der Waals surface area contributed by atoms with Gasteiger partial charge in [-0.25, -0.2) is 4.98 Å². The summed E-state index contributed by atoms with van der Waals surface area (Å²) in [7, 11) is 0. The maximum Gasteiger partial charge on any atom is 0.126 e. The summed E-state index contributed by atoms with van der Waals surface area (Å²) in [6.07, 6.45) is -0.560. The molecule has 0 aliphatic rings. The quantitative estimate of drug-likeness (QED) is 0.895. The van der Waals surface area contributed by atoms with Crippen LogP contribution >= 0.6 is 22.9 Å². The van der Waals surface area contributed by atoms with Crippen molar-refractivity contribution in [2.75, 3.05) is 11.9 Å². The van der Waals surface area contributed by atoms with E-state index in [0.717, 1.165) is 16.4 Å². The van der Waals surface area contributed by atoms with Crippen LogP contribution in [0.2, 0.25) is 4.34 Å². The zero-order valence-corrected chi connectivity index (χ0v) is 10.9. The molecule has 0 amide bonds. The molecule has 0 aromatic carbocycles. The van der Waals surface area contributed by atoms with E-state index in [2.05, 4.69) is 10.3 Å². The first-order chi connectivity index (χ1) is 8.15. The van der Waals surface area contributed by atoms with Crippen LogP contribution in [0.5, 0.6) is 0 Å². The lowest BCUT2D eigenvalue weighted by atomic mass is 10.3. The molecule has 2 aromatic heterocycles. The number of hydrogen-bond acceptors (Lipinski definition) is 4. The van der Waals surface area contributed by atoms with E-state index in [-0.39, 0.29) is 0 Å². The molecule has 3 nitrogen and oxygen atoms in total. The molecule has 0 bridgehead atoms. The van der Waals surface area contributed by atoms with E-state index in [9.17, 15) is 5.11 Å². The standard InChI is InChI=1S/C12H13ClN2OS/c1-8-3-2-4-12(15-8)14-7-9(16)10-5-6-11(13)17-10/h2-6,9,16H,7H2,1H3,(H,14,15)/t9-/m1/s1. The molecule has 0 spiro atoms. The molecule has 2 heterocycles. The Morgan fingerprint density at radius 1 is 1.41 bits per heavy atom. The third-order valence-electron chi connectivity index (χ3n) is 2.29. The summed E-state index contributed by atoms with van der Waals surface area (Å²) < 4.78 is 0.688. The van der Waals surface area contributed by atoms with Crippen molar-refractivity contribution in [1.29, 1.82) is 0 Å². The fraction of sp³-hybridized carbons (Fsp3) is 0.250. The summed E-state index contributed by atoms with van der Waals surface area (Å²) in [5.74, 6) is 0.770. The lowest BCUT2D eigenvalue weighted by molar-refractivity contribution is 0.195. The van der Waals surface area contributed by atoms with E-state index < -0.39 is 6.10 Å². The molecule has 2 rings (SSSR count). The van der Waals surface area contributed by atoms with Crippen LogP contribution in [0.15, 0.2) is 30.3 Å². The van der Waals surface area contributed by atoms with Crippen molar-refractivity contribution >= 4 is 28.8 Å². The third-order valence-corrected chi connectivity index (χ3v) is 3.62. The minimum atomic E-state index is -0.560. The van der Waals surface area contributed by atoms with Crippen LogP contribution in [0.4, 0.5) is 5.82 Å². The first-order valence-corrected chi connectivity index (χ1v) is 6.45. The highest BCUT2D eigenvalue weighted by atomic mass is 35.5. The molecule has 2 N–H and O–H groups in total. The predicted octanol–water partition coefficient (Wildman–Crippen LogP) is 3.25. The molecule has 0 aliphatic carbocycles.